The van der Waals surface area contributed by atoms with Crippen molar-refractivity contribution in [3.63, 3.8) is 0 Å². The molecule has 3 N–H and O–H groups in total. The number of carboxylic acids is 1. The molecule has 156 valence electrons. The zero-order chi connectivity index (χ0) is 21.5. The van der Waals surface area contributed by atoms with E-state index >= 15 is 0 Å². The molecule has 0 radical (unpaired) electrons. The third-order valence-corrected chi connectivity index (χ3v) is 3.52. The number of rotatable bonds is 8. The second kappa shape index (κ2) is 15.6. The molecule has 1 atom stereocenters. The molecule has 1 unspecified atom stereocenters. The van der Waals surface area contributed by atoms with Gasteiger partial charge in [-0.25, -0.2) is 0 Å². The van der Waals surface area contributed by atoms with E-state index in [1.165, 1.54) is 0 Å². The molecule has 26 heavy (non-hydrogen) atoms. The molecule has 0 rings (SSSR count). The second-order valence-corrected chi connectivity index (χ2v) is 7.52. The quantitative estimate of drug-likeness (QED) is 0.601. The Bertz CT molecular complexity index is 405. The highest BCUT2D eigenvalue weighted by molar-refractivity contribution is 5.84. The van der Waals surface area contributed by atoms with Crippen LogP contribution in [-0.4, -0.2) is 35.5 Å². The smallest absolute Gasteiger partial charge is 0.309 e. The van der Waals surface area contributed by atoms with Crippen LogP contribution in [0.15, 0.2) is 0 Å². The summed E-state index contributed by atoms with van der Waals surface area (Å²) in [7, 11) is 0. The maximum absolute atomic E-state index is 11.3. The summed E-state index contributed by atoms with van der Waals surface area (Å²) < 4.78 is 0. The molecule has 0 aromatic carbocycles. The Hall–Kier alpha value is -1.59. The number of aliphatic carboxylic acids is 1. The van der Waals surface area contributed by atoms with Crippen LogP contribution in [0.3, 0.4) is 0 Å². The van der Waals surface area contributed by atoms with Crippen LogP contribution in [-0.2, 0) is 14.4 Å². The lowest BCUT2D eigenvalue weighted by Gasteiger charge is -2.19. The molecule has 6 nitrogen and oxygen atoms in total. The average Bonchev–Trinajstić information content (AvgIpc) is 2.52. The number of carbonyl (C=O) groups is 3. The molecule has 0 aliphatic heterocycles. The SMILES string of the molecule is CC.CC(C)CNC(=O)CC(C)(C)C(=O)O.CCC(NC(C)=O)C(C)C. The minimum absolute atomic E-state index is 0.0229. The molecule has 2 amide bonds. The normalized spacial score (nSPS) is 11.5. The van der Waals surface area contributed by atoms with Crippen molar-refractivity contribution in [2.75, 3.05) is 6.54 Å². The highest BCUT2D eigenvalue weighted by Crippen LogP contribution is 2.19. The van der Waals surface area contributed by atoms with Crippen LogP contribution < -0.4 is 10.6 Å². The van der Waals surface area contributed by atoms with Crippen molar-refractivity contribution in [3.8, 4) is 0 Å². The fraction of sp³-hybridized carbons (Fsp3) is 0.850. The van der Waals surface area contributed by atoms with Gasteiger partial charge >= 0.3 is 5.97 Å². The molecular formula is C20H42N2O4. The van der Waals surface area contributed by atoms with Crippen molar-refractivity contribution in [2.24, 2.45) is 17.3 Å². The lowest BCUT2D eigenvalue weighted by atomic mass is 9.89. The Balaban J connectivity index is -0.000000388. The van der Waals surface area contributed by atoms with Gasteiger partial charge in [0.15, 0.2) is 0 Å². The fourth-order valence-electron chi connectivity index (χ4n) is 1.86. The molecule has 0 saturated heterocycles. The number of carboxylic acid groups (broad SMARTS) is 1. The highest BCUT2D eigenvalue weighted by atomic mass is 16.4. The van der Waals surface area contributed by atoms with E-state index in [-0.39, 0.29) is 18.2 Å². The van der Waals surface area contributed by atoms with Crippen LogP contribution in [0.4, 0.5) is 0 Å². The number of amides is 2. The molecular weight excluding hydrogens is 332 g/mol. The van der Waals surface area contributed by atoms with Gasteiger partial charge < -0.3 is 15.7 Å². The molecule has 0 heterocycles. The van der Waals surface area contributed by atoms with Gasteiger partial charge in [0.05, 0.1) is 5.41 Å². The maximum Gasteiger partial charge on any atom is 0.309 e. The zero-order valence-electron chi connectivity index (χ0n) is 18.5. The zero-order valence-corrected chi connectivity index (χ0v) is 18.5. The minimum Gasteiger partial charge on any atom is -0.481 e. The summed E-state index contributed by atoms with van der Waals surface area (Å²) in [6.45, 7) is 19.5. The predicted octanol–water partition coefficient (Wildman–Crippen LogP) is 3.84. The Labute approximate surface area is 160 Å². The summed E-state index contributed by atoms with van der Waals surface area (Å²) in [5.41, 5.74) is -0.985. The van der Waals surface area contributed by atoms with E-state index in [2.05, 4.69) is 31.4 Å². The van der Waals surface area contributed by atoms with E-state index in [1.54, 1.807) is 20.8 Å². The third kappa shape index (κ3) is 17.2. The molecule has 0 aromatic rings. The van der Waals surface area contributed by atoms with Crippen molar-refractivity contribution in [2.45, 2.75) is 88.1 Å². The van der Waals surface area contributed by atoms with Crippen LogP contribution in [0.1, 0.15) is 82.1 Å². The predicted molar refractivity (Wildman–Crippen MR) is 108 cm³/mol. The third-order valence-electron chi connectivity index (χ3n) is 3.52. The molecule has 0 bridgehead atoms. The largest absolute Gasteiger partial charge is 0.481 e. The van der Waals surface area contributed by atoms with Crippen LogP contribution >= 0.6 is 0 Å². The van der Waals surface area contributed by atoms with Gasteiger partial charge in [-0.05, 0) is 32.1 Å². The van der Waals surface area contributed by atoms with E-state index in [4.69, 9.17) is 5.11 Å². The van der Waals surface area contributed by atoms with E-state index in [0.717, 1.165) is 6.42 Å². The molecule has 0 spiro atoms. The first-order chi connectivity index (χ1) is 11.8. The number of nitrogens with one attached hydrogen (secondary N) is 2. The summed E-state index contributed by atoms with van der Waals surface area (Å²) in [5, 5.41) is 14.4. The standard InChI is InChI=1S/C10H19NO3.C8H17NO.C2H6/c1-7(2)6-11-8(12)5-10(3,4)9(13)14;1-5-8(6(2)3)9-7(4)10;1-2/h7H,5-6H2,1-4H3,(H,11,12)(H,13,14);6,8H,5H2,1-4H3,(H,9,10);1-2H3. The molecule has 0 aromatic heterocycles. The first-order valence-corrected chi connectivity index (χ1v) is 9.60. The summed E-state index contributed by atoms with van der Waals surface area (Å²) in [5.74, 6) is -0.162. The second-order valence-electron chi connectivity index (χ2n) is 7.52. The lowest BCUT2D eigenvalue weighted by Crippen LogP contribution is -2.36. The number of carbonyl (C=O) groups excluding carboxylic acids is 2. The molecule has 0 aliphatic rings. The van der Waals surface area contributed by atoms with Crippen molar-refractivity contribution in [1.82, 2.24) is 10.6 Å². The molecule has 6 heteroatoms. The van der Waals surface area contributed by atoms with Gasteiger partial charge in [0.1, 0.15) is 0 Å². The Kier molecular flexibility index (Phi) is 17.6. The van der Waals surface area contributed by atoms with Crippen molar-refractivity contribution >= 4 is 17.8 Å². The van der Waals surface area contributed by atoms with Crippen LogP contribution in [0, 0.1) is 17.3 Å². The fourth-order valence-corrected chi connectivity index (χ4v) is 1.86. The van der Waals surface area contributed by atoms with E-state index in [1.807, 2.05) is 27.7 Å². The van der Waals surface area contributed by atoms with Gasteiger partial charge in [0.25, 0.3) is 0 Å². The Morgan fingerprint density at radius 3 is 1.73 bits per heavy atom. The van der Waals surface area contributed by atoms with Gasteiger partial charge in [-0.1, -0.05) is 48.5 Å². The van der Waals surface area contributed by atoms with Gasteiger partial charge in [-0.15, -0.1) is 0 Å². The maximum atomic E-state index is 11.3. The van der Waals surface area contributed by atoms with E-state index < -0.39 is 11.4 Å². The summed E-state index contributed by atoms with van der Waals surface area (Å²) >= 11 is 0. The van der Waals surface area contributed by atoms with Crippen molar-refractivity contribution in [3.05, 3.63) is 0 Å². The Morgan fingerprint density at radius 2 is 1.50 bits per heavy atom. The van der Waals surface area contributed by atoms with E-state index in [0.29, 0.717) is 24.4 Å². The highest BCUT2D eigenvalue weighted by Gasteiger charge is 2.29. The monoisotopic (exact) mass is 374 g/mol. The summed E-state index contributed by atoms with van der Waals surface area (Å²) in [6.07, 6.45) is 1.03. The average molecular weight is 375 g/mol. The first-order valence-electron chi connectivity index (χ1n) is 9.60. The van der Waals surface area contributed by atoms with E-state index in [9.17, 15) is 14.4 Å². The summed E-state index contributed by atoms with van der Waals surface area (Å²) in [4.78, 5) is 32.6. The Morgan fingerprint density at radius 1 is 1.04 bits per heavy atom. The van der Waals surface area contributed by atoms with Crippen molar-refractivity contribution < 1.29 is 19.5 Å². The van der Waals surface area contributed by atoms with Gasteiger partial charge in [0, 0.05) is 25.9 Å². The van der Waals surface area contributed by atoms with Gasteiger partial charge in [-0.2, -0.15) is 0 Å². The van der Waals surface area contributed by atoms with Crippen LogP contribution in [0.2, 0.25) is 0 Å². The minimum atomic E-state index is -0.985. The molecule has 0 fully saturated rings. The number of hydrogen-bond donors (Lipinski definition) is 3. The summed E-state index contributed by atoms with van der Waals surface area (Å²) in [6, 6.07) is 0.345. The topological polar surface area (TPSA) is 95.5 Å². The first kappa shape index (κ1) is 29.2. The number of hydrogen-bond acceptors (Lipinski definition) is 3. The van der Waals surface area contributed by atoms with Crippen LogP contribution in [0.25, 0.3) is 0 Å². The lowest BCUT2D eigenvalue weighted by molar-refractivity contribution is -0.149. The van der Waals surface area contributed by atoms with Gasteiger partial charge in [-0.3, -0.25) is 14.4 Å². The van der Waals surface area contributed by atoms with Crippen molar-refractivity contribution in [1.29, 1.82) is 0 Å². The van der Waals surface area contributed by atoms with Gasteiger partial charge in [0.2, 0.25) is 11.8 Å². The molecule has 0 saturated carbocycles. The molecule has 0 aliphatic carbocycles. The van der Waals surface area contributed by atoms with Crippen LogP contribution in [0.5, 0.6) is 0 Å².